The zero-order valence-electron chi connectivity index (χ0n) is 19.3. The van der Waals surface area contributed by atoms with Crippen molar-refractivity contribution in [2.75, 3.05) is 40.3 Å². The predicted octanol–water partition coefficient (Wildman–Crippen LogP) is 4.29. The van der Waals surface area contributed by atoms with Crippen LogP contribution in [0.4, 0.5) is 17.6 Å². The van der Waals surface area contributed by atoms with Crippen LogP contribution in [0.25, 0.3) is 0 Å². The van der Waals surface area contributed by atoms with E-state index in [0.717, 1.165) is 17.7 Å². The van der Waals surface area contributed by atoms with Gasteiger partial charge in [0, 0.05) is 44.2 Å². The first-order chi connectivity index (χ1) is 16.0. The van der Waals surface area contributed by atoms with E-state index in [9.17, 15) is 27.2 Å². The number of alkyl halides is 3. The highest BCUT2D eigenvalue weighted by Crippen LogP contribution is 2.29. The van der Waals surface area contributed by atoms with E-state index in [1.54, 1.807) is 21.9 Å². The van der Waals surface area contributed by atoms with Gasteiger partial charge in [0.1, 0.15) is 5.82 Å². The number of amides is 2. The highest BCUT2D eigenvalue weighted by Gasteiger charge is 2.32. The van der Waals surface area contributed by atoms with Crippen LogP contribution < -0.4 is 0 Å². The van der Waals surface area contributed by atoms with E-state index in [0.29, 0.717) is 45.6 Å². The molecule has 2 aromatic carbocycles. The smallest absolute Gasteiger partial charge is 0.339 e. The maximum absolute atomic E-state index is 13.3. The Hall–Kier alpha value is -2.94. The molecule has 0 aromatic heterocycles. The standard InChI is InChI=1S/C25H29F4N3O2/c1-30(2)15-16-32(17-18-3-9-22(26)10-4-18)24(34)20-11-13-31(14-12-20)23(33)19-5-7-21(8-6-19)25(27,28)29/h3-10,20H,11-17H2,1-2H3. The monoisotopic (exact) mass is 479 g/mol. The zero-order valence-corrected chi connectivity index (χ0v) is 19.3. The summed E-state index contributed by atoms with van der Waals surface area (Å²) in [5, 5.41) is 0. The second kappa shape index (κ2) is 11.0. The Kier molecular flexibility index (Phi) is 8.30. The molecular weight excluding hydrogens is 450 g/mol. The van der Waals surface area contributed by atoms with Crippen molar-refractivity contribution in [3.63, 3.8) is 0 Å². The summed E-state index contributed by atoms with van der Waals surface area (Å²) in [6.45, 7) is 2.28. The van der Waals surface area contributed by atoms with Gasteiger partial charge in [-0.3, -0.25) is 9.59 Å². The Morgan fingerprint density at radius 3 is 2.06 bits per heavy atom. The van der Waals surface area contributed by atoms with E-state index < -0.39 is 11.7 Å². The summed E-state index contributed by atoms with van der Waals surface area (Å²) in [5.41, 5.74) is 0.234. The first-order valence-electron chi connectivity index (χ1n) is 11.2. The number of hydrogen-bond acceptors (Lipinski definition) is 3. The molecule has 1 aliphatic heterocycles. The average molecular weight is 480 g/mol. The first-order valence-corrected chi connectivity index (χ1v) is 11.2. The number of halogens is 4. The largest absolute Gasteiger partial charge is 0.416 e. The third kappa shape index (κ3) is 6.79. The van der Waals surface area contributed by atoms with Crippen molar-refractivity contribution < 1.29 is 27.2 Å². The Labute approximate surface area is 196 Å². The van der Waals surface area contributed by atoms with Gasteiger partial charge in [-0.1, -0.05) is 12.1 Å². The molecule has 0 spiro atoms. The van der Waals surface area contributed by atoms with E-state index >= 15 is 0 Å². The van der Waals surface area contributed by atoms with E-state index in [4.69, 9.17) is 0 Å². The van der Waals surface area contributed by atoms with Gasteiger partial charge in [-0.05, 0) is 68.9 Å². The summed E-state index contributed by atoms with van der Waals surface area (Å²) in [4.78, 5) is 31.3. The highest BCUT2D eigenvalue weighted by atomic mass is 19.4. The van der Waals surface area contributed by atoms with E-state index in [-0.39, 0.29) is 29.1 Å². The molecule has 1 heterocycles. The number of nitrogens with zero attached hydrogens (tertiary/aromatic N) is 3. The van der Waals surface area contributed by atoms with Gasteiger partial charge in [-0.25, -0.2) is 4.39 Å². The average Bonchev–Trinajstić information content (AvgIpc) is 2.81. The molecular formula is C25H29F4N3O2. The van der Waals surface area contributed by atoms with Crippen LogP contribution >= 0.6 is 0 Å². The molecule has 0 saturated carbocycles. The topological polar surface area (TPSA) is 43.9 Å². The summed E-state index contributed by atoms with van der Waals surface area (Å²) in [6.07, 6.45) is -3.49. The lowest BCUT2D eigenvalue weighted by atomic mass is 9.94. The van der Waals surface area contributed by atoms with E-state index in [2.05, 4.69) is 0 Å². The lowest BCUT2D eigenvalue weighted by Crippen LogP contribution is -2.45. The predicted molar refractivity (Wildman–Crippen MR) is 120 cm³/mol. The number of carbonyl (C=O) groups excluding carboxylic acids is 2. The Morgan fingerprint density at radius 1 is 0.941 bits per heavy atom. The molecule has 0 radical (unpaired) electrons. The van der Waals surface area contributed by atoms with Crippen LogP contribution in [0.5, 0.6) is 0 Å². The van der Waals surface area contributed by atoms with Crippen LogP contribution in [0.3, 0.4) is 0 Å². The molecule has 1 aliphatic rings. The van der Waals surface area contributed by atoms with Crippen molar-refractivity contribution in [1.82, 2.24) is 14.7 Å². The number of carbonyl (C=O) groups is 2. The number of likely N-dealkylation sites (tertiary alicyclic amines) is 1. The molecule has 0 aliphatic carbocycles. The fourth-order valence-electron chi connectivity index (χ4n) is 3.97. The maximum atomic E-state index is 13.3. The lowest BCUT2D eigenvalue weighted by Gasteiger charge is -2.35. The number of benzene rings is 2. The van der Waals surface area contributed by atoms with Crippen molar-refractivity contribution in [1.29, 1.82) is 0 Å². The molecule has 0 bridgehead atoms. The first kappa shape index (κ1) is 25.7. The minimum Gasteiger partial charge on any atom is -0.339 e. The summed E-state index contributed by atoms with van der Waals surface area (Å²) in [6, 6.07) is 10.3. The summed E-state index contributed by atoms with van der Waals surface area (Å²) in [5.74, 6) is -0.928. The van der Waals surface area contributed by atoms with Gasteiger partial charge < -0.3 is 14.7 Å². The Morgan fingerprint density at radius 2 is 1.53 bits per heavy atom. The molecule has 0 atom stereocenters. The molecule has 34 heavy (non-hydrogen) atoms. The lowest BCUT2D eigenvalue weighted by molar-refractivity contribution is -0.138. The van der Waals surface area contributed by atoms with Crippen LogP contribution in [0.2, 0.25) is 0 Å². The normalized spacial score (nSPS) is 15.0. The van der Waals surface area contributed by atoms with Crippen LogP contribution in [0.1, 0.15) is 34.3 Å². The maximum Gasteiger partial charge on any atom is 0.416 e. The minimum absolute atomic E-state index is 0.00666. The second-order valence-corrected chi connectivity index (χ2v) is 8.83. The summed E-state index contributed by atoms with van der Waals surface area (Å²) >= 11 is 0. The Balaban J connectivity index is 1.61. The van der Waals surface area contributed by atoms with Crippen LogP contribution in [-0.4, -0.2) is 66.8 Å². The molecule has 1 saturated heterocycles. The van der Waals surface area contributed by atoms with Crippen molar-refractivity contribution in [3.8, 4) is 0 Å². The van der Waals surface area contributed by atoms with Gasteiger partial charge in [0.15, 0.2) is 0 Å². The number of hydrogen-bond donors (Lipinski definition) is 0. The van der Waals surface area contributed by atoms with Crippen LogP contribution in [0.15, 0.2) is 48.5 Å². The molecule has 1 fully saturated rings. The molecule has 2 amide bonds. The zero-order chi connectivity index (χ0) is 24.9. The van der Waals surface area contributed by atoms with E-state index in [1.165, 1.54) is 24.3 Å². The molecule has 3 rings (SSSR count). The van der Waals surface area contributed by atoms with Gasteiger partial charge in [0.2, 0.25) is 5.91 Å². The van der Waals surface area contributed by atoms with Gasteiger partial charge >= 0.3 is 6.18 Å². The second-order valence-electron chi connectivity index (χ2n) is 8.83. The summed E-state index contributed by atoms with van der Waals surface area (Å²) in [7, 11) is 3.85. The van der Waals surface area contributed by atoms with Crippen LogP contribution in [0, 0.1) is 11.7 Å². The number of rotatable bonds is 7. The highest BCUT2D eigenvalue weighted by molar-refractivity contribution is 5.94. The SMILES string of the molecule is CN(C)CCN(Cc1ccc(F)cc1)C(=O)C1CCN(C(=O)c2ccc(C(F)(F)F)cc2)CC1. The minimum atomic E-state index is -4.45. The Bertz CT molecular complexity index is 967. The van der Waals surface area contributed by atoms with Crippen LogP contribution in [-0.2, 0) is 17.5 Å². The van der Waals surface area contributed by atoms with E-state index in [1.807, 2.05) is 19.0 Å². The van der Waals surface area contributed by atoms with Crippen molar-refractivity contribution in [3.05, 3.63) is 71.0 Å². The third-order valence-electron chi connectivity index (χ3n) is 6.01. The van der Waals surface area contributed by atoms with Crippen molar-refractivity contribution in [2.45, 2.75) is 25.6 Å². The number of likely N-dealkylation sites (N-methyl/N-ethyl adjacent to an activating group) is 1. The fourth-order valence-corrected chi connectivity index (χ4v) is 3.97. The van der Waals surface area contributed by atoms with Crippen molar-refractivity contribution >= 4 is 11.8 Å². The molecule has 0 N–H and O–H groups in total. The number of piperidine rings is 1. The summed E-state index contributed by atoms with van der Waals surface area (Å²) < 4.78 is 51.5. The fraction of sp³-hybridized carbons (Fsp3) is 0.440. The van der Waals surface area contributed by atoms with Gasteiger partial charge in [-0.15, -0.1) is 0 Å². The van der Waals surface area contributed by atoms with Gasteiger partial charge in [-0.2, -0.15) is 13.2 Å². The van der Waals surface area contributed by atoms with Gasteiger partial charge in [0.25, 0.3) is 5.91 Å². The van der Waals surface area contributed by atoms with Gasteiger partial charge in [0.05, 0.1) is 5.56 Å². The quantitative estimate of drug-likeness (QED) is 0.557. The molecule has 0 unspecified atom stereocenters. The molecule has 9 heteroatoms. The molecule has 5 nitrogen and oxygen atoms in total. The molecule has 2 aromatic rings. The third-order valence-corrected chi connectivity index (χ3v) is 6.01. The molecule has 184 valence electrons. The van der Waals surface area contributed by atoms with Crippen molar-refractivity contribution in [2.24, 2.45) is 5.92 Å².